The average molecular weight is 271 g/mol. The van der Waals surface area contributed by atoms with E-state index in [1.54, 1.807) is 0 Å². The molecule has 0 radical (unpaired) electrons. The molecule has 0 aliphatic heterocycles. The van der Waals surface area contributed by atoms with Gasteiger partial charge >= 0.3 is 33.6 Å². The van der Waals surface area contributed by atoms with E-state index in [4.69, 9.17) is 71.0 Å². The van der Waals surface area contributed by atoms with E-state index < -0.39 is 0 Å². The van der Waals surface area contributed by atoms with Gasteiger partial charge in [-0.05, 0) is 0 Å². The van der Waals surface area contributed by atoms with Gasteiger partial charge in [0.25, 0.3) is 0 Å². The first-order chi connectivity index (χ1) is 6.00. The van der Waals surface area contributed by atoms with Crippen LogP contribution >= 0.6 is 0 Å². The monoisotopic (exact) mass is 270 g/mol. The Morgan fingerprint density at radius 1 is 0.357 bits per heavy atom. The van der Waals surface area contributed by atoms with Crippen molar-refractivity contribution in [3.8, 4) is 0 Å². The van der Waals surface area contributed by atoms with E-state index >= 15 is 0 Å². The maximum atomic E-state index is 6.25. The zero-order valence-corrected chi connectivity index (χ0v) is 8.44. The van der Waals surface area contributed by atoms with Crippen molar-refractivity contribution in [2.75, 3.05) is 0 Å². The van der Waals surface area contributed by atoms with Gasteiger partial charge in [-0.3, -0.25) is 0 Å². The van der Waals surface area contributed by atoms with Crippen molar-refractivity contribution >= 4 is 0 Å². The summed E-state index contributed by atoms with van der Waals surface area (Å²) in [6.45, 7) is 28.5. The van der Waals surface area contributed by atoms with Crippen LogP contribution in [0.2, 0.25) is 0 Å². The van der Waals surface area contributed by atoms with Gasteiger partial charge in [0.05, 0.1) is 0 Å². The van der Waals surface area contributed by atoms with Crippen LogP contribution in [0.15, 0.2) is 0 Å². The third-order valence-electron chi connectivity index (χ3n) is 0. The number of hydrogen-bond donors (Lipinski definition) is 0. The van der Waals surface area contributed by atoms with Gasteiger partial charge in [-0.1, -0.05) is 0 Å². The van der Waals surface area contributed by atoms with Crippen molar-refractivity contribution in [1.82, 2.24) is 0 Å². The molecular weight excluding hydrogens is 271 g/mol. The summed E-state index contributed by atoms with van der Waals surface area (Å²) < 4.78 is 0. The second-order valence-corrected chi connectivity index (χ2v) is 0. The average Bonchev–Trinajstić information content (AvgIpc) is 2.33. The van der Waals surface area contributed by atoms with E-state index in [-0.39, 0.29) is 33.6 Å². The molecular formula is C6FeN6Ni. The first kappa shape index (κ1) is 91.8. The molecule has 0 aromatic heterocycles. The summed E-state index contributed by atoms with van der Waals surface area (Å²) in [4.78, 5) is 0. The van der Waals surface area contributed by atoms with Gasteiger partial charge in [0, 0.05) is 0 Å². The van der Waals surface area contributed by atoms with Gasteiger partial charge in [0.2, 0.25) is 0 Å². The van der Waals surface area contributed by atoms with Gasteiger partial charge in [0.1, 0.15) is 0 Å². The number of hydrogen-bond acceptors (Lipinski definition) is 6. The van der Waals surface area contributed by atoms with Crippen molar-refractivity contribution in [1.29, 1.82) is 31.6 Å². The van der Waals surface area contributed by atoms with Crippen molar-refractivity contribution in [2.24, 2.45) is 0 Å². The Bertz CT molecular complexity index is 97.3. The predicted molar refractivity (Wildman–Crippen MR) is 29.8 cm³/mol. The minimum Gasteiger partial charge on any atom is -0.512 e. The Kier molecular flexibility index (Phi) is 1700. The second kappa shape index (κ2) is 259. The van der Waals surface area contributed by atoms with Crippen LogP contribution in [0.4, 0.5) is 0 Å². The fourth-order valence-electron chi connectivity index (χ4n) is 0. The van der Waals surface area contributed by atoms with E-state index in [0.29, 0.717) is 0 Å². The summed E-state index contributed by atoms with van der Waals surface area (Å²) >= 11 is 0. The van der Waals surface area contributed by atoms with Crippen molar-refractivity contribution < 1.29 is 33.6 Å². The normalized spacial score (nSPS) is 0.857. The molecule has 0 rings (SSSR count). The molecule has 0 saturated carbocycles. The van der Waals surface area contributed by atoms with Gasteiger partial charge in [-0.2, -0.15) is 0 Å². The fourth-order valence-corrected chi connectivity index (χ4v) is 0. The van der Waals surface area contributed by atoms with Crippen LogP contribution in [0.3, 0.4) is 0 Å². The molecule has 0 atom stereocenters. The van der Waals surface area contributed by atoms with Crippen LogP contribution in [-0.4, -0.2) is 0 Å². The van der Waals surface area contributed by atoms with Crippen LogP contribution in [0, 0.1) is 71.0 Å². The summed E-state index contributed by atoms with van der Waals surface area (Å²) in [7, 11) is 0. The molecule has 8 heteroatoms. The van der Waals surface area contributed by atoms with Crippen molar-refractivity contribution in [3.05, 3.63) is 39.4 Å². The zero-order valence-electron chi connectivity index (χ0n) is 6.35. The molecule has 0 aromatic rings. The molecule has 72 valence electrons. The molecule has 0 unspecified atom stereocenters. The SMILES string of the molecule is [C-]#N.[C-]#N.[C-]#N.[C-]#N.[C-]#N.[C-]#N.[Fe+4].[Ni+2]. The summed E-state index contributed by atoms with van der Waals surface area (Å²) in [6.07, 6.45) is 0. The van der Waals surface area contributed by atoms with Crippen LogP contribution in [0.5, 0.6) is 0 Å². The zero-order chi connectivity index (χ0) is 12.0. The Morgan fingerprint density at radius 3 is 0.357 bits per heavy atom. The molecule has 0 aliphatic rings. The first-order valence-electron chi connectivity index (χ1n) is 1.34. The van der Waals surface area contributed by atoms with E-state index in [0.717, 1.165) is 0 Å². The molecule has 0 spiro atoms. The molecule has 0 saturated heterocycles. The maximum Gasteiger partial charge on any atom is 4.00 e. The summed E-state index contributed by atoms with van der Waals surface area (Å²) in [5.74, 6) is 0. The Morgan fingerprint density at radius 2 is 0.357 bits per heavy atom. The molecule has 14 heavy (non-hydrogen) atoms. The topological polar surface area (TPSA) is 143 Å². The standard InChI is InChI=1S/6CN.Fe.Ni/c6*1-2;;/q6*-1;+4;+2. The Balaban J connectivity index is -0.00000000500. The predicted octanol–water partition coefficient (Wildman–Crippen LogP) is 0.573. The van der Waals surface area contributed by atoms with Crippen molar-refractivity contribution in [3.63, 3.8) is 0 Å². The molecule has 0 amide bonds. The third-order valence-corrected chi connectivity index (χ3v) is 0. The van der Waals surface area contributed by atoms with Crippen LogP contribution in [0.25, 0.3) is 0 Å². The van der Waals surface area contributed by atoms with Crippen LogP contribution in [-0.2, 0) is 33.6 Å². The van der Waals surface area contributed by atoms with E-state index in [9.17, 15) is 0 Å². The maximum absolute atomic E-state index is 6.25. The van der Waals surface area contributed by atoms with E-state index in [1.807, 2.05) is 0 Å². The molecule has 0 aromatic carbocycles. The smallest absolute Gasteiger partial charge is 0.512 e. The van der Waals surface area contributed by atoms with Gasteiger partial charge in [-0.15, -0.1) is 0 Å². The van der Waals surface area contributed by atoms with E-state index in [2.05, 4.69) is 0 Å². The van der Waals surface area contributed by atoms with Crippen LogP contribution < -0.4 is 0 Å². The molecule has 0 aliphatic carbocycles. The molecule has 0 N–H and O–H groups in total. The quantitative estimate of drug-likeness (QED) is 0.465. The molecule has 0 fully saturated rings. The van der Waals surface area contributed by atoms with Crippen LogP contribution in [0.1, 0.15) is 0 Å². The first-order valence-corrected chi connectivity index (χ1v) is 1.34. The Labute approximate surface area is 105 Å². The largest absolute Gasteiger partial charge is 4.00 e. The summed E-state index contributed by atoms with van der Waals surface area (Å²) in [5, 5.41) is 37.5. The minimum atomic E-state index is 0. The summed E-state index contributed by atoms with van der Waals surface area (Å²) in [6, 6.07) is 0. The number of nitrogens with zero attached hydrogens (tertiary/aromatic N) is 6. The fraction of sp³-hybridized carbons (Fsp3) is 0. The van der Waals surface area contributed by atoms with Crippen molar-refractivity contribution in [2.45, 2.75) is 0 Å². The molecule has 0 heterocycles. The van der Waals surface area contributed by atoms with Gasteiger partial charge in [-0.25, -0.2) is 0 Å². The minimum absolute atomic E-state index is 0. The molecule has 6 nitrogen and oxygen atoms in total. The van der Waals surface area contributed by atoms with Gasteiger partial charge < -0.3 is 71.0 Å². The molecule has 0 bridgehead atoms. The second-order valence-electron chi connectivity index (χ2n) is 0. The Hall–Kier alpha value is -2.05. The third kappa shape index (κ3) is 190. The van der Waals surface area contributed by atoms with E-state index in [1.165, 1.54) is 0 Å². The summed E-state index contributed by atoms with van der Waals surface area (Å²) in [5.41, 5.74) is 0. The van der Waals surface area contributed by atoms with Gasteiger partial charge in [0.15, 0.2) is 0 Å². The number of rotatable bonds is 0.